The van der Waals surface area contributed by atoms with Crippen LogP contribution in [0.2, 0.25) is 0 Å². The summed E-state index contributed by atoms with van der Waals surface area (Å²) in [5, 5.41) is 5.57. The molecule has 0 fully saturated rings. The van der Waals surface area contributed by atoms with Gasteiger partial charge in [-0.15, -0.1) is 0 Å². The van der Waals surface area contributed by atoms with Crippen LogP contribution in [0.25, 0.3) is 0 Å². The molecule has 2 aromatic rings. The fourth-order valence-corrected chi connectivity index (χ4v) is 1.97. The highest BCUT2D eigenvalue weighted by atomic mass is 16.5. The number of carbonyl (C=O) groups excluding carboxylic acids is 1. The number of methoxy groups -OCH3 is 1. The number of urea groups is 1. The molecule has 5 nitrogen and oxygen atoms in total. The predicted octanol–water partition coefficient (Wildman–Crippen LogP) is 3.42. The van der Waals surface area contributed by atoms with Gasteiger partial charge in [0.25, 0.3) is 0 Å². The van der Waals surface area contributed by atoms with Crippen LogP contribution in [0.15, 0.2) is 48.5 Å². The van der Waals surface area contributed by atoms with Crippen molar-refractivity contribution in [3.63, 3.8) is 0 Å². The van der Waals surface area contributed by atoms with Crippen LogP contribution in [-0.4, -0.2) is 19.7 Å². The molecule has 0 spiro atoms. The number of amides is 2. The lowest BCUT2D eigenvalue weighted by Crippen LogP contribution is -2.28. The van der Waals surface area contributed by atoms with Crippen LogP contribution < -0.4 is 20.1 Å². The number of carbonyl (C=O) groups is 1. The molecule has 0 atom stereocenters. The highest BCUT2D eigenvalue weighted by Crippen LogP contribution is 2.16. The molecule has 0 bridgehead atoms. The lowest BCUT2D eigenvalue weighted by molar-refractivity contribution is 0.251. The number of benzene rings is 2. The third-order valence-electron chi connectivity index (χ3n) is 2.99. The molecule has 22 heavy (non-hydrogen) atoms. The molecule has 5 heteroatoms. The Balaban J connectivity index is 1.88. The number of hydrogen-bond donors (Lipinski definition) is 2. The van der Waals surface area contributed by atoms with E-state index in [4.69, 9.17) is 9.47 Å². The summed E-state index contributed by atoms with van der Waals surface area (Å²) >= 11 is 0. The molecule has 0 aliphatic carbocycles. The fourth-order valence-electron chi connectivity index (χ4n) is 1.97. The van der Waals surface area contributed by atoms with Gasteiger partial charge in [-0.05, 0) is 36.8 Å². The van der Waals surface area contributed by atoms with E-state index in [-0.39, 0.29) is 6.03 Å². The maximum absolute atomic E-state index is 11.9. The highest BCUT2D eigenvalue weighted by molar-refractivity contribution is 5.89. The van der Waals surface area contributed by atoms with Gasteiger partial charge in [-0.2, -0.15) is 0 Å². The fraction of sp³-hybridized carbons (Fsp3) is 0.235. The van der Waals surface area contributed by atoms with Gasteiger partial charge in [-0.3, -0.25) is 0 Å². The number of nitrogens with one attached hydrogen (secondary N) is 2. The first kappa shape index (κ1) is 15.7. The first-order valence-electron chi connectivity index (χ1n) is 7.12. The van der Waals surface area contributed by atoms with Gasteiger partial charge < -0.3 is 20.1 Å². The van der Waals surface area contributed by atoms with Crippen molar-refractivity contribution in [2.75, 3.05) is 19.0 Å². The molecule has 0 saturated heterocycles. The first-order chi connectivity index (χ1) is 10.7. The average Bonchev–Trinajstić information content (AvgIpc) is 2.54. The first-order valence-corrected chi connectivity index (χ1v) is 7.12. The van der Waals surface area contributed by atoms with Crippen molar-refractivity contribution in [2.45, 2.75) is 13.5 Å². The van der Waals surface area contributed by atoms with E-state index in [1.165, 1.54) is 0 Å². The van der Waals surface area contributed by atoms with Gasteiger partial charge in [0, 0.05) is 18.3 Å². The van der Waals surface area contributed by atoms with Crippen molar-refractivity contribution in [1.29, 1.82) is 0 Å². The third-order valence-corrected chi connectivity index (χ3v) is 2.99. The van der Waals surface area contributed by atoms with Crippen molar-refractivity contribution in [3.8, 4) is 11.5 Å². The monoisotopic (exact) mass is 300 g/mol. The lowest BCUT2D eigenvalue weighted by atomic mass is 10.2. The Kier molecular flexibility index (Phi) is 5.65. The SMILES string of the molecule is CCOc1cccc(CNC(=O)Nc2cccc(OC)c2)c1. The summed E-state index contributed by atoms with van der Waals surface area (Å²) in [6.45, 7) is 2.98. The summed E-state index contributed by atoms with van der Waals surface area (Å²) in [5.74, 6) is 1.50. The molecule has 2 amide bonds. The van der Waals surface area contributed by atoms with E-state index >= 15 is 0 Å². The van der Waals surface area contributed by atoms with E-state index in [9.17, 15) is 4.79 Å². The smallest absolute Gasteiger partial charge is 0.319 e. The molecule has 0 saturated carbocycles. The molecule has 0 aliphatic rings. The maximum atomic E-state index is 11.9. The average molecular weight is 300 g/mol. The van der Waals surface area contributed by atoms with Gasteiger partial charge in [0.2, 0.25) is 0 Å². The van der Waals surface area contributed by atoms with Gasteiger partial charge in [-0.25, -0.2) is 4.79 Å². The summed E-state index contributed by atoms with van der Waals surface area (Å²) in [5.41, 5.74) is 1.66. The van der Waals surface area contributed by atoms with Crippen molar-refractivity contribution in [2.24, 2.45) is 0 Å². The molecule has 0 aromatic heterocycles. The van der Waals surface area contributed by atoms with E-state index < -0.39 is 0 Å². The topological polar surface area (TPSA) is 59.6 Å². The summed E-state index contributed by atoms with van der Waals surface area (Å²) in [6, 6.07) is 14.6. The summed E-state index contributed by atoms with van der Waals surface area (Å²) in [6.07, 6.45) is 0. The predicted molar refractivity (Wildman–Crippen MR) is 86.5 cm³/mol. The van der Waals surface area contributed by atoms with E-state index in [1.54, 1.807) is 19.2 Å². The molecular weight excluding hydrogens is 280 g/mol. The van der Waals surface area contributed by atoms with Gasteiger partial charge >= 0.3 is 6.03 Å². The van der Waals surface area contributed by atoms with Crippen molar-refractivity contribution in [1.82, 2.24) is 5.32 Å². The summed E-state index contributed by atoms with van der Waals surface area (Å²) < 4.78 is 10.5. The minimum atomic E-state index is -0.268. The molecule has 2 N–H and O–H groups in total. The second kappa shape index (κ2) is 7.93. The van der Waals surface area contributed by atoms with Crippen LogP contribution in [0.1, 0.15) is 12.5 Å². The number of anilines is 1. The molecular formula is C17H20N2O3. The van der Waals surface area contributed by atoms with Crippen LogP contribution >= 0.6 is 0 Å². The van der Waals surface area contributed by atoms with Gasteiger partial charge in [0.15, 0.2) is 0 Å². The van der Waals surface area contributed by atoms with Crippen molar-refractivity contribution < 1.29 is 14.3 Å². The Bertz CT molecular complexity index is 629. The van der Waals surface area contributed by atoms with Gasteiger partial charge in [0.05, 0.1) is 13.7 Å². The minimum Gasteiger partial charge on any atom is -0.497 e. The highest BCUT2D eigenvalue weighted by Gasteiger charge is 2.03. The van der Waals surface area contributed by atoms with Crippen molar-refractivity contribution >= 4 is 11.7 Å². The van der Waals surface area contributed by atoms with Gasteiger partial charge in [-0.1, -0.05) is 18.2 Å². The van der Waals surface area contributed by atoms with Crippen LogP contribution in [-0.2, 0) is 6.54 Å². The number of ether oxygens (including phenoxy) is 2. The number of hydrogen-bond acceptors (Lipinski definition) is 3. The molecule has 0 radical (unpaired) electrons. The zero-order chi connectivity index (χ0) is 15.8. The van der Waals surface area contributed by atoms with Crippen LogP contribution in [0, 0.1) is 0 Å². The molecule has 2 aromatic carbocycles. The largest absolute Gasteiger partial charge is 0.497 e. The molecule has 0 aliphatic heterocycles. The van der Waals surface area contributed by atoms with Gasteiger partial charge in [0.1, 0.15) is 11.5 Å². The number of rotatable bonds is 6. The molecule has 116 valence electrons. The minimum absolute atomic E-state index is 0.268. The van der Waals surface area contributed by atoms with Crippen LogP contribution in [0.3, 0.4) is 0 Å². The molecule has 0 heterocycles. The second-order valence-electron chi connectivity index (χ2n) is 4.62. The Labute approximate surface area is 130 Å². The Morgan fingerprint density at radius 2 is 1.86 bits per heavy atom. The van der Waals surface area contributed by atoms with E-state index in [0.717, 1.165) is 11.3 Å². The van der Waals surface area contributed by atoms with E-state index in [2.05, 4.69) is 10.6 Å². The lowest BCUT2D eigenvalue weighted by Gasteiger charge is -2.10. The standard InChI is InChI=1S/C17H20N2O3/c1-3-22-16-9-4-6-13(10-16)12-18-17(20)19-14-7-5-8-15(11-14)21-2/h4-11H,3,12H2,1-2H3,(H2,18,19,20). The maximum Gasteiger partial charge on any atom is 0.319 e. The Morgan fingerprint density at radius 3 is 2.64 bits per heavy atom. The summed E-state index contributed by atoms with van der Waals surface area (Å²) in [7, 11) is 1.59. The van der Waals surface area contributed by atoms with Crippen LogP contribution in [0.4, 0.5) is 10.5 Å². The van der Waals surface area contributed by atoms with Crippen molar-refractivity contribution in [3.05, 3.63) is 54.1 Å². The third kappa shape index (κ3) is 4.70. The second-order valence-corrected chi connectivity index (χ2v) is 4.62. The van der Waals surface area contributed by atoms with Crippen LogP contribution in [0.5, 0.6) is 11.5 Å². The molecule has 2 rings (SSSR count). The van der Waals surface area contributed by atoms with E-state index in [0.29, 0.717) is 24.6 Å². The quantitative estimate of drug-likeness (QED) is 0.859. The normalized spacial score (nSPS) is 9.91. The summed E-state index contributed by atoms with van der Waals surface area (Å²) in [4.78, 5) is 11.9. The van der Waals surface area contributed by atoms with E-state index in [1.807, 2.05) is 43.3 Å². The zero-order valence-electron chi connectivity index (χ0n) is 12.8. The molecule has 0 unspecified atom stereocenters. The zero-order valence-corrected chi connectivity index (χ0v) is 12.8. The Hall–Kier alpha value is -2.69. The Morgan fingerprint density at radius 1 is 1.09 bits per heavy atom.